The van der Waals surface area contributed by atoms with Gasteiger partial charge in [0.05, 0.1) is 18.2 Å². The van der Waals surface area contributed by atoms with Crippen LogP contribution in [0, 0.1) is 12.8 Å². The van der Waals surface area contributed by atoms with Crippen molar-refractivity contribution in [3.63, 3.8) is 0 Å². The van der Waals surface area contributed by atoms with Crippen molar-refractivity contribution < 1.29 is 9.53 Å². The Labute approximate surface area is 139 Å². The summed E-state index contributed by atoms with van der Waals surface area (Å²) < 4.78 is 5.78. The van der Waals surface area contributed by atoms with E-state index in [0.717, 1.165) is 24.3 Å². The summed E-state index contributed by atoms with van der Waals surface area (Å²) >= 11 is 0. The highest BCUT2D eigenvalue weighted by Gasteiger charge is 2.33. The third-order valence-electron chi connectivity index (χ3n) is 4.18. The molecule has 0 spiro atoms. The summed E-state index contributed by atoms with van der Waals surface area (Å²) in [6.07, 6.45) is 2.14. The second-order valence-electron chi connectivity index (χ2n) is 6.93. The normalized spacial score (nSPS) is 23.7. The van der Waals surface area contributed by atoms with Gasteiger partial charge >= 0.3 is 0 Å². The summed E-state index contributed by atoms with van der Waals surface area (Å²) in [7, 11) is 0. The van der Waals surface area contributed by atoms with Crippen molar-refractivity contribution in [2.75, 3.05) is 13.1 Å². The van der Waals surface area contributed by atoms with Gasteiger partial charge < -0.3 is 10.1 Å². The average molecular weight is 319 g/mol. The molecule has 5 heteroatoms. The SMILES string of the molecule is Cc1ccc(CNC(=O)[C@H](C(C)C)N2C[C@@H](C)O[C@@H](C)C2)cn1. The van der Waals surface area contributed by atoms with Crippen LogP contribution >= 0.6 is 0 Å². The smallest absolute Gasteiger partial charge is 0.237 e. The molecule has 23 heavy (non-hydrogen) atoms. The summed E-state index contributed by atoms with van der Waals surface area (Å²) in [6.45, 7) is 12.4. The first kappa shape index (κ1) is 17.9. The lowest BCUT2D eigenvalue weighted by atomic mass is 9.99. The van der Waals surface area contributed by atoms with Crippen molar-refractivity contribution in [3.05, 3.63) is 29.6 Å². The number of rotatable bonds is 5. The number of carbonyl (C=O) groups is 1. The fourth-order valence-corrected chi connectivity index (χ4v) is 3.23. The molecule has 1 aromatic heterocycles. The minimum absolute atomic E-state index is 0.0851. The van der Waals surface area contributed by atoms with E-state index in [0.29, 0.717) is 6.54 Å². The number of ether oxygens (including phenoxy) is 1. The van der Waals surface area contributed by atoms with Crippen molar-refractivity contribution in [1.82, 2.24) is 15.2 Å². The van der Waals surface area contributed by atoms with Crippen LogP contribution in [0.5, 0.6) is 0 Å². The Hall–Kier alpha value is -1.46. The average Bonchev–Trinajstić information content (AvgIpc) is 2.45. The zero-order valence-corrected chi connectivity index (χ0v) is 14.9. The molecular weight excluding hydrogens is 290 g/mol. The van der Waals surface area contributed by atoms with Crippen LogP contribution in [0.25, 0.3) is 0 Å². The molecular formula is C18H29N3O2. The Balaban J connectivity index is 1.99. The van der Waals surface area contributed by atoms with E-state index in [9.17, 15) is 4.79 Å². The minimum Gasteiger partial charge on any atom is -0.373 e. The number of aromatic nitrogens is 1. The van der Waals surface area contributed by atoms with Gasteiger partial charge in [0.15, 0.2) is 0 Å². The summed E-state index contributed by atoms with van der Waals surface area (Å²) in [6, 6.07) is 3.85. The van der Waals surface area contributed by atoms with Crippen LogP contribution in [0.3, 0.4) is 0 Å². The maximum absolute atomic E-state index is 12.7. The molecule has 0 saturated carbocycles. The quantitative estimate of drug-likeness (QED) is 0.903. The van der Waals surface area contributed by atoms with Crippen LogP contribution in [0.4, 0.5) is 0 Å². The number of hydrogen-bond acceptors (Lipinski definition) is 4. The van der Waals surface area contributed by atoms with E-state index in [1.54, 1.807) is 0 Å². The van der Waals surface area contributed by atoms with Gasteiger partial charge in [0.1, 0.15) is 0 Å². The zero-order chi connectivity index (χ0) is 17.0. The summed E-state index contributed by atoms with van der Waals surface area (Å²) in [5.74, 6) is 0.338. The lowest BCUT2D eigenvalue weighted by molar-refractivity contribution is -0.135. The van der Waals surface area contributed by atoms with Gasteiger partial charge in [-0.05, 0) is 38.3 Å². The summed E-state index contributed by atoms with van der Waals surface area (Å²) in [5.41, 5.74) is 2.01. The maximum Gasteiger partial charge on any atom is 0.237 e. The molecule has 2 heterocycles. The molecule has 1 aromatic rings. The Kier molecular flexibility index (Phi) is 6.13. The van der Waals surface area contributed by atoms with Gasteiger partial charge in [-0.3, -0.25) is 14.7 Å². The highest BCUT2D eigenvalue weighted by Crippen LogP contribution is 2.18. The van der Waals surface area contributed by atoms with Crippen LogP contribution in [0.15, 0.2) is 18.3 Å². The van der Waals surface area contributed by atoms with Crippen molar-refractivity contribution >= 4 is 5.91 Å². The second-order valence-corrected chi connectivity index (χ2v) is 6.93. The largest absolute Gasteiger partial charge is 0.373 e. The molecule has 0 radical (unpaired) electrons. The predicted octanol–water partition coefficient (Wildman–Crippen LogP) is 2.14. The van der Waals surface area contributed by atoms with Crippen LogP contribution in [0.2, 0.25) is 0 Å². The third kappa shape index (κ3) is 5.01. The van der Waals surface area contributed by atoms with Gasteiger partial charge in [-0.1, -0.05) is 19.9 Å². The molecule has 0 unspecified atom stereocenters. The topological polar surface area (TPSA) is 54.5 Å². The van der Waals surface area contributed by atoms with Gasteiger partial charge in [-0.25, -0.2) is 0 Å². The standard InChI is InChI=1S/C18H29N3O2/c1-12(2)17(21-10-14(4)23-15(5)11-21)18(22)20-9-16-7-6-13(3)19-8-16/h6-8,12,14-15,17H,9-11H2,1-5H3,(H,20,22)/t14-,15+,17-/m0/s1. The summed E-state index contributed by atoms with van der Waals surface area (Å²) in [4.78, 5) is 19.2. The molecule has 1 saturated heterocycles. The fraction of sp³-hybridized carbons (Fsp3) is 0.667. The van der Waals surface area contributed by atoms with E-state index >= 15 is 0 Å². The third-order valence-corrected chi connectivity index (χ3v) is 4.18. The molecule has 3 atom stereocenters. The number of amides is 1. The fourth-order valence-electron chi connectivity index (χ4n) is 3.23. The Morgan fingerprint density at radius 1 is 1.35 bits per heavy atom. The van der Waals surface area contributed by atoms with Crippen LogP contribution in [0.1, 0.15) is 39.0 Å². The Bertz CT molecular complexity index is 506. The number of nitrogens with one attached hydrogen (secondary N) is 1. The highest BCUT2D eigenvalue weighted by atomic mass is 16.5. The monoisotopic (exact) mass is 319 g/mol. The van der Waals surface area contributed by atoms with Crippen LogP contribution in [-0.4, -0.2) is 47.1 Å². The lowest BCUT2D eigenvalue weighted by Crippen LogP contribution is -2.56. The minimum atomic E-state index is -0.123. The number of hydrogen-bond donors (Lipinski definition) is 1. The second kappa shape index (κ2) is 7.88. The van der Waals surface area contributed by atoms with Crippen molar-refractivity contribution in [2.45, 2.75) is 59.4 Å². The Morgan fingerprint density at radius 2 is 2.00 bits per heavy atom. The Morgan fingerprint density at radius 3 is 2.52 bits per heavy atom. The van der Waals surface area contributed by atoms with E-state index in [1.807, 2.05) is 25.3 Å². The van der Waals surface area contributed by atoms with Gasteiger partial charge in [-0.2, -0.15) is 0 Å². The van der Waals surface area contributed by atoms with E-state index in [4.69, 9.17) is 4.74 Å². The molecule has 2 rings (SSSR count). The molecule has 0 bridgehead atoms. The van der Waals surface area contributed by atoms with E-state index in [2.05, 4.69) is 42.9 Å². The number of pyridine rings is 1. The molecule has 1 amide bonds. The first-order chi connectivity index (χ1) is 10.9. The number of morpholine rings is 1. The van der Waals surface area contributed by atoms with Crippen molar-refractivity contribution in [2.24, 2.45) is 5.92 Å². The first-order valence-corrected chi connectivity index (χ1v) is 8.45. The van der Waals surface area contributed by atoms with Crippen molar-refractivity contribution in [1.29, 1.82) is 0 Å². The van der Waals surface area contributed by atoms with Crippen molar-refractivity contribution in [3.8, 4) is 0 Å². The van der Waals surface area contributed by atoms with Crippen LogP contribution in [-0.2, 0) is 16.1 Å². The van der Waals surface area contributed by atoms with Gasteiger partial charge in [0.2, 0.25) is 5.91 Å². The number of nitrogens with zero attached hydrogens (tertiary/aromatic N) is 2. The van der Waals surface area contributed by atoms with E-state index < -0.39 is 0 Å². The molecule has 5 nitrogen and oxygen atoms in total. The zero-order valence-electron chi connectivity index (χ0n) is 14.9. The lowest BCUT2D eigenvalue weighted by Gasteiger charge is -2.41. The predicted molar refractivity (Wildman–Crippen MR) is 91.0 cm³/mol. The van der Waals surface area contributed by atoms with E-state index in [-0.39, 0.29) is 30.1 Å². The van der Waals surface area contributed by atoms with Gasteiger partial charge in [-0.15, -0.1) is 0 Å². The number of carbonyl (C=O) groups excluding carboxylic acids is 1. The highest BCUT2D eigenvalue weighted by molar-refractivity contribution is 5.82. The summed E-state index contributed by atoms with van der Waals surface area (Å²) in [5, 5.41) is 3.07. The van der Waals surface area contributed by atoms with Gasteiger partial charge in [0.25, 0.3) is 0 Å². The molecule has 1 aliphatic rings. The first-order valence-electron chi connectivity index (χ1n) is 8.45. The number of aryl methyl sites for hydroxylation is 1. The molecule has 1 N–H and O–H groups in total. The van der Waals surface area contributed by atoms with Crippen LogP contribution < -0.4 is 5.32 Å². The molecule has 128 valence electrons. The van der Waals surface area contributed by atoms with Gasteiger partial charge in [0, 0.05) is 31.5 Å². The maximum atomic E-state index is 12.7. The molecule has 0 aliphatic carbocycles. The molecule has 1 fully saturated rings. The van der Waals surface area contributed by atoms with E-state index in [1.165, 1.54) is 0 Å². The molecule has 0 aromatic carbocycles. The molecule has 1 aliphatic heterocycles.